The Labute approximate surface area is 167 Å². The van der Waals surface area contributed by atoms with Crippen molar-refractivity contribution in [1.29, 1.82) is 0 Å². The lowest BCUT2D eigenvalue weighted by Gasteiger charge is -2.25. The van der Waals surface area contributed by atoms with Crippen LogP contribution in [0.2, 0.25) is 0 Å². The van der Waals surface area contributed by atoms with E-state index in [4.69, 9.17) is 15.5 Å². The van der Waals surface area contributed by atoms with Gasteiger partial charge in [0.05, 0.1) is 41.3 Å². The summed E-state index contributed by atoms with van der Waals surface area (Å²) in [6.45, 7) is 0. The molecule has 0 saturated heterocycles. The maximum atomic E-state index is 13.0. The van der Waals surface area contributed by atoms with Crippen molar-refractivity contribution in [3.63, 3.8) is 0 Å². The van der Waals surface area contributed by atoms with Crippen molar-refractivity contribution in [2.75, 3.05) is 12.8 Å². The summed E-state index contributed by atoms with van der Waals surface area (Å²) in [4.78, 5) is 17.8. The van der Waals surface area contributed by atoms with Crippen LogP contribution in [0.5, 0.6) is 5.75 Å². The van der Waals surface area contributed by atoms with Gasteiger partial charge in [-0.05, 0) is 42.2 Å². The number of carbonyl (C=O) groups excluding carboxylic acids is 1. The molecule has 4 aromatic rings. The van der Waals surface area contributed by atoms with Crippen molar-refractivity contribution in [3.05, 3.63) is 77.6 Å². The molecule has 2 heterocycles. The molecule has 6 nitrogen and oxygen atoms in total. The maximum Gasteiger partial charge on any atom is 0.167 e. The molecule has 5 rings (SSSR count). The van der Waals surface area contributed by atoms with E-state index in [-0.39, 0.29) is 11.7 Å². The molecule has 1 aliphatic rings. The van der Waals surface area contributed by atoms with Crippen LogP contribution in [0.4, 0.5) is 5.69 Å². The highest BCUT2D eigenvalue weighted by Gasteiger charge is 2.31. The number of nitrogens with zero attached hydrogens (tertiary/aromatic N) is 3. The second kappa shape index (κ2) is 6.74. The monoisotopic (exact) mass is 384 g/mol. The summed E-state index contributed by atoms with van der Waals surface area (Å²) in [5.41, 5.74) is 10.8. The smallest absolute Gasteiger partial charge is 0.167 e. The zero-order chi connectivity index (χ0) is 20.0. The van der Waals surface area contributed by atoms with Crippen LogP contribution >= 0.6 is 0 Å². The van der Waals surface area contributed by atoms with E-state index in [1.807, 2.05) is 54.6 Å². The fourth-order valence-corrected chi connectivity index (χ4v) is 4.09. The molecule has 0 amide bonds. The number of ketones is 1. The third kappa shape index (κ3) is 2.84. The van der Waals surface area contributed by atoms with Gasteiger partial charge in [0.15, 0.2) is 11.4 Å². The summed E-state index contributed by atoms with van der Waals surface area (Å²) >= 11 is 0. The van der Waals surface area contributed by atoms with Gasteiger partial charge in [-0.3, -0.25) is 4.79 Å². The van der Waals surface area contributed by atoms with Gasteiger partial charge >= 0.3 is 0 Å². The quantitative estimate of drug-likeness (QED) is 0.579. The van der Waals surface area contributed by atoms with E-state index >= 15 is 0 Å². The van der Waals surface area contributed by atoms with Gasteiger partial charge in [-0.1, -0.05) is 30.3 Å². The third-order valence-corrected chi connectivity index (χ3v) is 5.55. The average molecular weight is 384 g/mol. The van der Waals surface area contributed by atoms with Gasteiger partial charge in [-0.25, -0.2) is 9.67 Å². The lowest BCUT2D eigenvalue weighted by atomic mass is 9.81. The lowest BCUT2D eigenvalue weighted by molar-refractivity contribution is 0.0964. The third-order valence-electron chi connectivity index (χ3n) is 5.55. The predicted octanol–water partition coefficient (Wildman–Crippen LogP) is 3.92. The maximum absolute atomic E-state index is 13.0. The first-order valence-corrected chi connectivity index (χ1v) is 9.54. The number of nitrogen functional groups attached to an aromatic ring is 1. The van der Waals surface area contributed by atoms with Crippen LogP contribution in [-0.4, -0.2) is 27.7 Å². The summed E-state index contributed by atoms with van der Waals surface area (Å²) in [6.07, 6.45) is 2.74. The number of ether oxygens (including phenoxy) is 1. The number of methoxy groups -OCH3 is 1. The van der Waals surface area contributed by atoms with Crippen LogP contribution in [0.1, 0.15) is 34.0 Å². The van der Waals surface area contributed by atoms with Crippen LogP contribution < -0.4 is 10.5 Å². The van der Waals surface area contributed by atoms with E-state index in [9.17, 15) is 4.79 Å². The fraction of sp³-hybridized carbons (Fsp3) is 0.174. The van der Waals surface area contributed by atoms with Crippen molar-refractivity contribution >= 4 is 22.5 Å². The van der Waals surface area contributed by atoms with E-state index < -0.39 is 0 Å². The predicted molar refractivity (Wildman–Crippen MR) is 112 cm³/mol. The molecule has 2 aromatic heterocycles. The van der Waals surface area contributed by atoms with Gasteiger partial charge in [0.25, 0.3) is 0 Å². The molecule has 29 heavy (non-hydrogen) atoms. The SMILES string of the molecule is COc1cccc(C2CC(=O)c3c(nc4c(cnn4-c4ccccc4)c3N)C2)c1. The van der Waals surface area contributed by atoms with Crippen LogP contribution in [-0.2, 0) is 6.42 Å². The molecular weight excluding hydrogens is 364 g/mol. The minimum atomic E-state index is 0.0263. The number of benzene rings is 2. The summed E-state index contributed by atoms with van der Waals surface area (Å²) in [6, 6.07) is 17.7. The molecule has 1 aliphatic carbocycles. The topological polar surface area (TPSA) is 83.0 Å². The molecule has 2 aromatic carbocycles. The first kappa shape index (κ1) is 17.4. The van der Waals surface area contributed by atoms with Crippen molar-refractivity contribution in [1.82, 2.24) is 14.8 Å². The molecule has 1 atom stereocenters. The molecule has 0 bridgehead atoms. The fourth-order valence-electron chi connectivity index (χ4n) is 4.09. The van der Waals surface area contributed by atoms with E-state index in [2.05, 4.69) is 5.10 Å². The number of carbonyl (C=O) groups is 1. The van der Waals surface area contributed by atoms with E-state index in [1.54, 1.807) is 18.0 Å². The standard InChI is InChI=1S/C23H20N4O2/c1-29-17-9-5-6-14(10-17)15-11-19-21(20(28)12-15)22(24)18-13-25-27(23(18)26-19)16-7-3-2-4-8-16/h2-10,13,15H,11-12H2,1H3,(H2,24,26). The normalized spacial score (nSPS) is 16.0. The molecule has 144 valence electrons. The molecule has 0 spiro atoms. The number of fused-ring (bicyclic) bond motifs is 2. The Balaban J connectivity index is 1.63. The summed E-state index contributed by atoms with van der Waals surface area (Å²) in [5, 5.41) is 5.18. The second-order valence-electron chi connectivity index (χ2n) is 7.28. The number of para-hydroxylation sites is 1. The second-order valence-corrected chi connectivity index (χ2v) is 7.28. The van der Waals surface area contributed by atoms with Crippen molar-refractivity contribution in [2.24, 2.45) is 0 Å². The van der Waals surface area contributed by atoms with Gasteiger partial charge in [-0.2, -0.15) is 5.10 Å². The van der Waals surface area contributed by atoms with Crippen LogP contribution in [0, 0.1) is 0 Å². The number of hydrogen-bond acceptors (Lipinski definition) is 5. The molecule has 0 fully saturated rings. The van der Waals surface area contributed by atoms with Crippen molar-refractivity contribution in [3.8, 4) is 11.4 Å². The van der Waals surface area contributed by atoms with Gasteiger partial charge in [0.2, 0.25) is 0 Å². The number of anilines is 1. The first-order chi connectivity index (χ1) is 14.2. The minimum absolute atomic E-state index is 0.0263. The largest absolute Gasteiger partial charge is 0.497 e. The van der Waals surface area contributed by atoms with Crippen molar-refractivity contribution < 1.29 is 9.53 Å². The Bertz CT molecular complexity index is 1230. The minimum Gasteiger partial charge on any atom is -0.497 e. The average Bonchev–Trinajstić information content (AvgIpc) is 3.18. The van der Waals surface area contributed by atoms with Crippen molar-refractivity contribution in [2.45, 2.75) is 18.8 Å². The molecule has 0 saturated carbocycles. The highest BCUT2D eigenvalue weighted by molar-refractivity contribution is 6.09. The van der Waals surface area contributed by atoms with E-state index in [0.717, 1.165) is 22.7 Å². The molecule has 0 radical (unpaired) electrons. The number of aromatic nitrogens is 3. The van der Waals surface area contributed by atoms with Gasteiger partial charge in [-0.15, -0.1) is 0 Å². The number of rotatable bonds is 3. The highest BCUT2D eigenvalue weighted by atomic mass is 16.5. The van der Waals surface area contributed by atoms with Gasteiger partial charge in [0, 0.05) is 6.42 Å². The van der Waals surface area contributed by atoms with Crippen LogP contribution in [0.25, 0.3) is 16.7 Å². The summed E-state index contributed by atoms with van der Waals surface area (Å²) in [7, 11) is 1.64. The van der Waals surface area contributed by atoms with E-state index in [0.29, 0.717) is 35.1 Å². The number of hydrogen-bond donors (Lipinski definition) is 1. The first-order valence-electron chi connectivity index (χ1n) is 9.54. The molecule has 1 unspecified atom stereocenters. The van der Waals surface area contributed by atoms with E-state index in [1.165, 1.54) is 0 Å². The highest BCUT2D eigenvalue weighted by Crippen LogP contribution is 2.38. The molecule has 6 heteroatoms. The van der Waals surface area contributed by atoms with Gasteiger partial charge < -0.3 is 10.5 Å². The number of pyridine rings is 1. The number of nitrogens with two attached hydrogens (primary N) is 1. The molecule has 0 aliphatic heterocycles. The Morgan fingerprint density at radius 1 is 1.10 bits per heavy atom. The summed E-state index contributed by atoms with van der Waals surface area (Å²) in [5.74, 6) is 0.854. The Hall–Kier alpha value is -3.67. The Morgan fingerprint density at radius 3 is 2.72 bits per heavy atom. The van der Waals surface area contributed by atoms with Gasteiger partial charge in [0.1, 0.15) is 5.75 Å². The zero-order valence-electron chi connectivity index (χ0n) is 16.0. The zero-order valence-corrected chi connectivity index (χ0v) is 16.0. The molecule has 2 N–H and O–H groups in total. The Kier molecular flexibility index (Phi) is 4.05. The van der Waals surface area contributed by atoms with Crippen LogP contribution in [0.15, 0.2) is 60.8 Å². The molecular formula is C23H20N4O2. The summed E-state index contributed by atoms with van der Waals surface area (Å²) < 4.78 is 7.11. The lowest BCUT2D eigenvalue weighted by Crippen LogP contribution is -2.22. The van der Waals surface area contributed by atoms with Crippen LogP contribution in [0.3, 0.4) is 0 Å². The Morgan fingerprint density at radius 2 is 1.93 bits per heavy atom. The number of Topliss-reactive ketones (excluding diaryl/α,β-unsaturated/α-hetero) is 1.